The molecule has 1 atom stereocenters. The van der Waals surface area contributed by atoms with Crippen LogP contribution >= 0.6 is 0 Å². The molecule has 0 amide bonds. The van der Waals surface area contributed by atoms with Crippen LogP contribution in [0.1, 0.15) is 38.9 Å². The minimum absolute atomic E-state index is 0.00529. The number of nitrogens with one attached hydrogen (secondary N) is 1. The zero-order chi connectivity index (χ0) is 14.6. The second-order valence-electron chi connectivity index (χ2n) is 5.89. The van der Waals surface area contributed by atoms with Crippen LogP contribution in [0.2, 0.25) is 0 Å². The lowest BCUT2D eigenvalue weighted by atomic mass is 9.97. The Balaban J connectivity index is 2.32. The molecule has 0 aliphatic rings. The van der Waals surface area contributed by atoms with E-state index < -0.39 is 0 Å². The number of pyridine rings is 1. The summed E-state index contributed by atoms with van der Waals surface area (Å²) >= 11 is 0. The minimum atomic E-state index is -0.0593. The number of nitrogens with two attached hydrogens (primary N) is 1. The van der Waals surface area contributed by atoms with Crippen molar-refractivity contribution >= 4 is 10.8 Å². The molecule has 104 valence electrons. The van der Waals surface area contributed by atoms with Crippen molar-refractivity contribution in [1.29, 1.82) is 0 Å². The summed E-state index contributed by atoms with van der Waals surface area (Å²) < 4.78 is 0. The van der Waals surface area contributed by atoms with Crippen LogP contribution in [0, 0.1) is 17.3 Å². The van der Waals surface area contributed by atoms with Crippen LogP contribution in [0.5, 0.6) is 0 Å². The molecule has 0 aliphatic carbocycles. The van der Waals surface area contributed by atoms with Crippen molar-refractivity contribution in [3.05, 3.63) is 42.2 Å². The van der Waals surface area contributed by atoms with Crippen molar-refractivity contribution in [3.8, 4) is 11.8 Å². The largest absolute Gasteiger partial charge is 0.271 e. The molecule has 0 spiro atoms. The van der Waals surface area contributed by atoms with E-state index in [2.05, 4.69) is 55.2 Å². The van der Waals surface area contributed by atoms with Crippen LogP contribution < -0.4 is 11.3 Å². The van der Waals surface area contributed by atoms with Gasteiger partial charge in [-0.1, -0.05) is 30.2 Å². The molecule has 1 aromatic heterocycles. The van der Waals surface area contributed by atoms with Gasteiger partial charge in [0.1, 0.15) is 0 Å². The lowest BCUT2D eigenvalue weighted by Gasteiger charge is -2.15. The first-order valence-corrected chi connectivity index (χ1v) is 6.81. The highest BCUT2D eigenvalue weighted by Gasteiger charge is 2.13. The Morgan fingerprint density at radius 2 is 2.00 bits per heavy atom. The average Bonchev–Trinajstić information content (AvgIpc) is 2.42. The third-order valence-electron chi connectivity index (χ3n) is 3.01. The van der Waals surface area contributed by atoms with Gasteiger partial charge in [0.2, 0.25) is 0 Å². The fourth-order valence-electron chi connectivity index (χ4n) is 2.07. The third kappa shape index (κ3) is 3.57. The molecule has 3 N–H and O–H groups in total. The second-order valence-corrected chi connectivity index (χ2v) is 5.89. The highest BCUT2D eigenvalue weighted by Crippen LogP contribution is 2.23. The van der Waals surface area contributed by atoms with Crippen LogP contribution in [0.3, 0.4) is 0 Å². The van der Waals surface area contributed by atoms with Gasteiger partial charge in [-0.25, -0.2) is 0 Å². The van der Waals surface area contributed by atoms with Gasteiger partial charge in [0, 0.05) is 23.4 Å². The van der Waals surface area contributed by atoms with E-state index in [0.29, 0.717) is 6.42 Å². The smallest absolute Gasteiger partial charge is 0.0747 e. The molecule has 0 aliphatic heterocycles. The van der Waals surface area contributed by atoms with Gasteiger partial charge in [-0.3, -0.25) is 16.3 Å². The molecule has 0 bridgehead atoms. The molecule has 0 fully saturated rings. The van der Waals surface area contributed by atoms with Gasteiger partial charge in [-0.15, -0.1) is 5.92 Å². The quantitative estimate of drug-likeness (QED) is 0.510. The number of aromatic nitrogens is 1. The summed E-state index contributed by atoms with van der Waals surface area (Å²) in [6, 6.07) is 10.1. The van der Waals surface area contributed by atoms with Gasteiger partial charge in [-0.05, 0) is 32.2 Å². The predicted octanol–water partition coefficient (Wildman–Crippen LogP) is 3.18. The van der Waals surface area contributed by atoms with E-state index in [1.807, 2.05) is 24.4 Å². The monoisotopic (exact) mass is 267 g/mol. The SMILES string of the molecule is CC(C)(C)C#CCC(NN)c1nccc2ccccc12. The van der Waals surface area contributed by atoms with Crippen molar-refractivity contribution in [2.24, 2.45) is 11.3 Å². The van der Waals surface area contributed by atoms with Gasteiger partial charge in [0.25, 0.3) is 0 Å². The summed E-state index contributed by atoms with van der Waals surface area (Å²) in [5.41, 5.74) is 3.79. The van der Waals surface area contributed by atoms with Crippen molar-refractivity contribution < 1.29 is 0 Å². The highest BCUT2D eigenvalue weighted by atomic mass is 15.2. The Labute approximate surface area is 120 Å². The minimum Gasteiger partial charge on any atom is -0.271 e. The van der Waals surface area contributed by atoms with E-state index in [1.54, 1.807) is 0 Å². The summed E-state index contributed by atoms with van der Waals surface area (Å²) in [4.78, 5) is 4.48. The van der Waals surface area contributed by atoms with Crippen molar-refractivity contribution in [3.63, 3.8) is 0 Å². The van der Waals surface area contributed by atoms with E-state index in [9.17, 15) is 0 Å². The molecule has 1 heterocycles. The molecule has 0 saturated carbocycles. The molecule has 1 unspecified atom stereocenters. The van der Waals surface area contributed by atoms with Crippen molar-refractivity contribution in [1.82, 2.24) is 10.4 Å². The number of fused-ring (bicyclic) bond motifs is 1. The van der Waals surface area contributed by atoms with E-state index in [0.717, 1.165) is 11.1 Å². The number of benzene rings is 1. The molecule has 0 saturated heterocycles. The lowest BCUT2D eigenvalue weighted by Crippen LogP contribution is -2.28. The number of hydrogen-bond acceptors (Lipinski definition) is 3. The molecular weight excluding hydrogens is 246 g/mol. The Morgan fingerprint density at radius 1 is 1.25 bits per heavy atom. The third-order valence-corrected chi connectivity index (χ3v) is 3.01. The lowest BCUT2D eigenvalue weighted by molar-refractivity contribution is 0.549. The Hall–Kier alpha value is -1.89. The maximum atomic E-state index is 5.69. The summed E-state index contributed by atoms with van der Waals surface area (Å²) in [5, 5.41) is 2.29. The zero-order valence-electron chi connectivity index (χ0n) is 12.3. The first-order valence-electron chi connectivity index (χ1n) is 6.81. The number of hydrogen-bond donors (Lipinski definition) is 2. The fourth-order valence-corrected chi connectivity index (χ4v) is 2.07. The van der Waals surface area contributed by atoms with E-state index in [4.69, 9.17) is 5.84 Å². The Bertz CT molecular complexity index is 639. The van der Waals surface area contributed by atoms with Gasteiger partial charge < -0.3 is 0 Å². The molecule has 2 aromatic rings. The summed E-state index contributed by atoms with van der Waals surface area (Å²) in [7, 11) is 0. The number of hydrazine groups is 1. The van der Waals surface area contributed by atoms with Crippen LogP contribution in [0.4, 0.5) is 0 Å². The van der Waals surface area contributed by atoms with Crippen molar-refractivity contribution in [2.75, 3.05) is 0 Å². The molecule has 2 rings (SSSR count). The van der Waals surface area contributed by atoms with Gasteiger partial charge in [0.05, 0.1) is 11.7 Å². The topological polar surface area (TPSA) is 50.9 Å². The molecule has 3 nitrogen and oxygen atoms in total. The first kappa shape index (κ1) is 14.5. The Morgan fingerprint density at radius 3 is 2.70 bits per heavy atom. The Kier molecular flexibility index (Phi) is 4.39. The van der Waals surface area contributed by atoms with E-state index in [1.165, 1.54) is 5.39 Å². The molecular formula is C17H21N3. The van der Waals surface area contributed by atoms with E-state index in [-0.39, 0.29) is 11.5 Å². The summed E-state index contributed by atoms with van der Waals surface area (Å²) in [5.74, 6) is 12.1. The maximum Gasteiger partial charge on any atom is 0.0747 e. The maximum absolute atomic E-state index is 5.69. The molecule has 20 heavy (non-hydrogen) atoms. The van der Waals surface area contributed by atoms with Gasteiger partial charge >= 0.3 is 0 Å². The second kappa shape index (κ2) is 6.04. The number of rotatable bonds is 3. The van der Waals surface area contributed by atoms with Crippen LogP contribution in [0.25, 0.3) is 10.8 Å². The average molecular weight is 267 g/mol. The van der Waals surface area contributed by atoms with E-state index >= 15 is 0 Å². The molecule has 0 radical (unpaired) electrons. The van der Waals surface area contributed by atoms with Crippen LogP contribution in [-0.2, 0) is 0 Å². The first-order chi connectivity index (χ1) is 9.51. The van der Waals surface area contributed by atoms with Crippen molar-refractivity contribution in [2.45, 2.75) is 33.2 Å². The standard InChI is InChI=1S/C17H21N3/c1-17(2,3)11-6-9-15(20-18)16-14-8-5-4-7-13(14)10-12-19-16/h4-5,7-8,10,12,15,20H,9,18H2,1-3H3. The summed E-state index contributed by atoms with van der Waals surface area (Å²) in [6.45, 7) is 6.29. The normalized spacial score (nSPS) is 12.8. The van der Waals surface area contributed by atoms with Crippen LogP contribution in [0.15, 0.2) is 36.5 Å². The summed E-state index contributed by atoms with van der Waals surface area (Å²) in [6.07, 6.45) is 2.47. The molecule has 3 heteroatoms. The van der Waals surface area contributed by atoms with Gasteiger partial charge in [0.15, 0.2) is 0 Å². The van der Waals surface area contributed by atoms with Gasteiger partial charge in [-0.2, -0.15) is 0 Å². The number of nitrogens with zero attached hydrogens (tertiary/aromatic N) is 1. The highest BCUT2D eigenvalue weighted by molar-refractivity contribution is 5.84. The van der Waals surface area contributed by atoms with Crippen LogP contribution in [-0.4, -0.2) is 4.98 Å². The predicted molar refractivity (Wildman–Crippen MR) is 83.7 cm³/mol. The fraction of sp³-hybridized carbons (Fsp3) is 0.353. The zero-order valence-corrected chi connectivity index (χ0v) is 12.3. The molecule has 1 aromatic carbocycles.